The highest BCUT2D eigenvalue weighted by Gasteiger charge is 2.09. The van der Waals surface area contributed by atoms with E-state index in [9.17, 15) is 0 Å². The lowest BCUT2D eigenvalue weighted by atomic mass is 10.2. The molecule has 0 bridgehead atoms. The molecule has 0 unspecified atom stereocenters. The normalized spacial score (nSPS) is 11.1. The Morgan fingerprint density at radius 2 is 2.00 bits per heavy atom. The maximum atomic E-state index is 8.89. The Balaban J connectivity index is 2.05. The first-order valence-electron chi connectivity index (χ1n) is 6.55. The molecule has 102 valence electrons. The number of pyridine rings is 1. The van der Waals surface area contributed by atoms with Gasteiger partial charge in [0.05, 0.1) is 23.0 Å². The SMILES string of the molecule is Cc1nc2c(C)cccn2c1N=Nc1cccc(C#N)c1. The van der Waals surface area contributed by atoms with Gasteiger partial charge in [-0.15, -0.1) is 10.2 Å². The molecule has 21 heavy (non-hydrogen) atoms. The highest BCUT2D eigenvalue weighted by atomic mass is 15.2. The molecule has 5 heteroatoms. The van der Waals surface area contributed by atoms with Gasteiger partial charge >= 0.3 is 0 Å². The van der Waals surface area contributed by atoms with Crippen LogP contribution in [0.15, 0.2) is 52.8 Å². The van der Waals surface area contributed by atoms with Crippen molar-refractivity contribution in [2.75, 3.05) is 0 Å². The summed E-state index contributed by atoms with van der Waals surface area (Å²) < 4.78 is 1.92. The highest BCUT2D eigenvalue weighted by Crippen LogP contribution is 2.25. The van der Waals surface area contributed by atoms with E-state index in [1.807, 2.05) is 42.6 Å². The quantitative estimate of drug-likeness (QED) is 0.656. The van der Waals surface area contributed by atoms with Gasteiger partial charge in [-0.3, -0.25) is 4.40 Å². The van der Waals surface area contributed by atoms with Crippen LogP contribution in [0, 0.1) is 25.2 Å². The van der Waals surface area contributed by atoms with Crippen molar-refractivity contribution in [3.8, 4) is 6.07 Å². The molecule has 2 heterocycles. The van der Waals surface area contributed by atoms with Crippen LogP contribution in [0.3, 0.4) is 0 Å². The first kappa shape index (κ1) is 13.0. The molecule has 0 atom stereocenters. The van der Waals surface area contributed by atoms with Crippen molar-refractivity contribution >= 4 is 17.2 Å². The number of rotatable bonds is 2. The van der Waals surface area contributed by atoms with E-state index in [0.29, 0.717) is 17.1 Å². The smallest absolute Gasteiger partial charge is 0.182 e. The fraction of sp³-hybridized carbons (Fsp3) is 0.125. The number of azo groups is 1. The van der Waals surface area contributed by atoms with Crippen LogP contribution >= 0.6 is 0 Å². The van der Waals surface area contributed by atoms with Crippen LogP contribution in [0.25, 0.3) is 5.65 Å². The van der Waals surface area contributed by atoms with Crippen LogP contribution in [-0.4, -0.2) is 9.38 Å². The molecule has 3 aromatic rings. The summed E-state index contributed by atoms with van der Waals surface area (Å²) in [6.45, 7) is 3.92. The fourth-order valence-electron chi connectivity index (χ4n) is 2.17. The second-order valence-electron chi connectivity index (χ2n) is 4.77. The molecule has 0 fully saturated rings. The summed E-state index contributed by atoms with van der Waals surface area (Å²) in [4.78, 5) is 4.52. The molecule has 0 radical (unpaired) electrons. The predicted molar refractivity (Wildman–Crippen MR) is 80.0 cm³/mol. The Labute approximate surface area is 122 Å². The zero-order valence-corrected chi connectivity index (χ0v) is 11.8. The molecule has 5 nitrogen and oxygen atoms in total. The largest absolute Gasteiger partial charge is 0.283 e. The van der Waals surface area contributed by atoms with Crippen LogP contribution in [-0.2, 0) is 0 Å². The minimum Gasteiger partial charge on any atom is -0.283 e. The van der Waals surface area contributed by atoms with E-state index >= 15 is 0 Å². The zero-order chi connectivity index (χ0) is 14.8. The number of nitriles is 1. The summed E-state index contributed by atoms with van der Waals surface area (Å²) in [7, 11) is 0. The number of benzene rings is 1. The van der Waals surface area contributed by atoms with Gasteiger partial charge in [-0.2, -0.15) is 5.26 Å². The number of fused-ring (bicyclic) bond motifs is 1. The standard InChI is InChI=1S/C16H13N5/c1-11-5-4-8-21-15(11)18-12(2)16(21)20-19-14-7-3-6-13(9-14)10-17/h3-9H,1-2H3. The number of hydrogen-bond acceptors (Lipinski definition) is 4. The second-order valence-corrected chi connectivity index (χ2v) is 4.77. The molecule has 3 rings (SSSR count). The van der Waals surface area contributed by atoms with Gasteiger partial charge in [-0.05, 0) is 43.7 Å². The minimum absolute atomic E-state index is 0.567. The Morgan fingerprint density at radius 1 is 1.14 bits per heavy atom. The molecule has 0 amide bonds. The van der Waals surface area contributed by atoms with E-state index in [-0.39, 0.29) is 0 Å². The van der Waals surface area contributed by atoms with Gasteiger partial charge in [0.2, 0.25) is 0 Å². The summed E-state index contributed by atoms with van der Waals surface area (Å²) in [6, 6.07) is 13.1. The molecule has 2 aromatic heterocycles. The van der Waals surface area contributed by atoms with Crippen molar-refractivity contribution in [2.24, 2.45) is 10.2 Å². The van der Waals surface area contributed by atoms with Gasteiger partial charge in [0.25, 0.3) is 0 Å². The Morgan fingerprint density at radius 3 is 2.81 bits per heavy atom. The highest BCUT2D eigenvalue weighted by molar-refractivity contribution is 5.56. The number of nitrogens with zero attached hydrogens (tertiary/aromatic N) is 5. The van der Waals surface area contributed by atoms with Gasteiger partial charge in [-0.1, -0.05) is 12.1 Å². The molecular formula is C16H13N5. The van der Waals surface area contributed by atoms with Crippen molar-refractivity contribution in [2.45, 2.75) is 13.8 Å². The molecule has 0 N–H and O–H groups in total. The topological polar surface area (TPSA) is 65.8 Å². The van der Waals surface area contributed by atoms with E-state index in [1.54, 1.807) is 18.2 Å². The van der Waals surface area contributed by atoms with Crippen LogP contribution < -0.4 is 0 Å². The summed E-state index contributed by atoms with van der Waals surface area (Å²) in [5.41, 5.74) is 4.01. The first-order chi connectivity index (χ1) is 10.2. The number of aromatic nitrogens is 2. The summed E-state index contributed by atoms with van der Waals surface area (Å²) >= 11 is 0. The molecule has 1 aromatic carbocycles. The van der Waals surface area contributed by atoms with Gasteiger partial charge in [0, 0.05) is 6.20 Å². The van der Waals surface area contributed by atoms with Crippen molar-refractivity contribution in [1.29, 1.82) is 5.26 Å². The van der Waals surface area contributed by atoms with Crippen molar-refractivity contribution < 1.29 is 0 Å². The summed E-state index contributed by atoms with van der Waals surface area (Å²) in [5.74, 6) is 0.705. The third-order valence-electron chi connectivity index (χ3n) is 3.22. The van der Waals surface area contributed by atoms with Crippen molar-refractivity contribution in [3.63, 3.8) is 0 Å². The average molecular weight is 275 g/mol. The molecule has 0 spiro atoms. The minimum atomic E-state index is 0.567. The lowest BCUT2D eigenvalue weighted by molar-refractivity contribution is 1.09. The molecular weight excluding hydrogens is 262 g/mol. The van der Waals surface area contributed by atoms with Crippen LogP contribution in [0.1, 0.15) is 16.8 Å². The molecule has 0 aliphatic carbocycles. The zero-order valence-electron chi connectivity index (χ0n) is 11.8. The van der Waals surface area contributed by atoms with Gasteiger partial charge in [0.15, 0.2) is 5.82 Å². The fourth-order valence-corrected chi connectivity index (χ4v) is 2.17. The second kappa shape index (κ2) is 5.17. The number of imidazole rings is 1. The van der Waals surface area contributed by atoms with E-state index in [0.717, 1.165) is 16.9 Å². The third kappa shape index (κ3) is 2.39. The van der Waals surface area contributed by atoms with Gasteiger partial charge < -0.3 is 0 Å². The summed E-state index contributed by atoms with van der Waals surface area (Å²) in [6.07, 6.45) is 1.92. The number of hydrogen-bond donors (Lipinski definition) is 0. The molecule has 0 saturated heterocycles. The Bertz CT molecular complexity index is 883. The number of aryl methyl sites for hydroxylation is 2. The molecule has 0 aliphatic heterocycles. The van der Waals surface area contributed by atoms with Crippen LogP contribution in [0.5, 0.6) is 0 Å². The Hall–Kier alpha value is -3.00. The van der Waals surface area contributed by atoms with E-state index in [4.69, 9.17) is 5.26 Å². The van der Waals surface area contributed by atoms with Gasteiger partial charge in [-0.25, -0.2) is 4.98 Å². The lowest BCUT2D eigenvalue weighted by Crippen LogP contribution is -1.85. The van der Waals surface area contributed by atoms with Crippen LogP contribution in [0.4, 0.5) is 11.5 Å². The Kier molecular flexibility index (Phi) is 3.20. The first-order valence-corrected chi connectivity index (χ1v) is 6.55. The molecule has 0 saturated carbocycles. The van der Waals surface area contributed by atoms with E-state index in [2.05, 4.69) is 21.3 Å². The third-order valence-corrected chi connectivity index (χ3v) is 3.22. The maximum absolute atomic E-state index is 8.89. The monoisotopic (exact) mass is 275 g/mol. The van der Waals surface area contributed by atoms with Crippen molar-refractivity contribution in [1.82, 2.24) is 9.38 Å². The maximum Gasteiger partial charge on any atom is 0.182 e. The lowest BCUT2D eigenvalue weighted by Gasteiger charge is -1.98. The van der Waals surface area contributed by atoms with Crippen molar-refractivity contribution in [3.05, 3.63) is 59.4 Å². The predicted octanol–water partition coefficient (Wildman–Crippen LogP) is 4.24. The van der Waals surface area contributed by atoms with E-state index in [1.165, 1.54) is 0 Å². The summed E-state index contributed by atoms with van der Waals surface area (Å²) in [5, 5.41) is 17.4. The average Bonchev–Trinajstić information content (AvgIpc) is 2.83. The van der Waals surface area contributed by atoms with Gasteiger partial charge in [0.1, 0.15) is 5.65 Å². The van der Waals surface area contributed by atoms with Crippen LogP contribution in [0.2, 0.25) is 0 Å². The van der Waals surface area contributed by atoms with E-state index < -0.39 is 0 Å². The molecule has 0 aliphatic rings.